The lowest BCUT2D eigenvalue weighted by Crippen LogP contribution is -2.25. The molecule has 1 heterocycles. The van der Waals surface area contributed by atoms with E-state index in [2.05, 4.69) is 15.5 Å². The second-order valence-electron chi connectivity index (χ2n) is 5.88. The van der Waals surface area contributed by atoms with E-state index >= 15 is 0 Å². The standard InChI is InChI=1S/C18H18ClN5O2/c1-23(2)16(12-8-10-13(19)11-9-12)17-20-21-22-24(17)15-7-5-4-6-14(15)18(25)26-3/h4-11,16H,1-3H3/t16-/m1/s1. The summed E-state index contributed by atoms with van der Waals surface area (Å²) in [5.74, 6) is 0.128. The number of esters is 1. The van der Waals surface area contributed by atoms with Crippen molar-refractivity contribution in [3.63, 3.8) is 0 Å². The molecule has 0 amide bonds. The highest BCUT2D eigenvalue weighted by Crippen LogP contribution is 2.28. The Morgan fingerprint density at radius 2 is 1.85 bits per heavy atom. The maximum atomic E-state index is 12.1. The molecule has 3 aromatic rings. The predicted molar refractivity (Wildman–Crippen MR) is 97.5 cm³/mol. The van der Waals surface area contributed by atoms with Gasteiger partial charge in [0, 0.05) is 5.02 Å². The van der Waals surface area contributed by atoms with E-state index < -0.39 is 5.97 Å². The highest BCUT2D eigenvalue weighted by molar-refractivity contribution is 6.30. The van der Waals surface area contributed by atoms with Crippen LogP contribution in [-0.2, 0) is 4.74 Å². The average molecular weight is 372 g/mol. The number of methoxy groups -OCH3 is 1. The molecule has 3 rings (SSSR count). The van der Waals surface area contributed by atoms with Crippen LogP contribution in [0.3, 0.4) is 0 Å². The van der Waals surface area contributed by atoms with Crippen molar-refractivity contribution in [1.29, 1.82) is 0 Å². The molecule has 0 aliphatic rings. The molecule has 1 aromatic heterocycles. The fourth-order valence-electron chi connectivity index (χ4n) is 2.80. The van der Waals surface area contributed by atoms with E-state index in [4.69, 9.17) is 16.3 Å². The third-order valence-electron chi connectivity index (χ3n) is 3.98. The third kappa shape index (κ3) is 3.44. The van der Waals surface area contributed by atoms with Gasteiger partial charge >= 0.3 is 5.97 Å². The number of ether oxygens (including phenoxy) is 1. The van der Waals surface area contributed by atoms with E-state index in [1.165, 1.54) is 7.11 Å². The number of rotatable bonds is 5. The number of hydrogen-bond donors (Lipinski definition) is 0. The Morgan fingerprint density at radius 3 is 2.50 bits per heavy atom. The molecule has 8 heteroatoms. The normalized spacial score (nSPS) is 12.2. The molecule has 7 nitrogen and oxygen atoms in total. The molecule has 2 aromatic carbocycles. The number of halogens is 1. The quantitative estimate of drug-likeness (QED) is 0.642. The van der Waals surface area contributed by atoms with E-state index in [0.717, 1.165) is 5.56 Å². The van der Waals surface area contributed by atoms with Crippen LogP contribution < -0.4 is 0 Å². The van der Waals surface area contributed by atoms with Crippen molar-refractivity contribution >= 4 is 17.6 Å². The number of tetrazole rings is 1. The molecule has 0 saturated heterocycles. The molecule has 1 atom stereocenters. The Morgan fingerprint density at radius 1 is 1.15 bits per heavy atom. The molecule has 0 radical (unpaired) electrons. The SMILES string of the molecule is COC(=O)c1ccccc1-n1nnnc1[C@@H](c1ccc(Cl)cc1)N(C)C. The Balaban J connectivity index is 2.13. The lowest BCUT2D eigenvalue weighted by molar-refractivity contribution is 0.0600. The zero-order valence-corrected chi connectivity index (χ0v) is 15.4. The van der Waals surface area contributed by atoms with Gasteiger partial charge in [0.1, 0.15) is 0 Å². The van der Waals surface area contributed by atoms with Gasteiger partial charge in [-0.25, -0.2) is 4.79 Å². The van der Waals surface area contributed by atoms with Crippen LogP contribution in [-0.4, -0.2) is 52.3 Å². The van der Waals surface area contributed by atoms with E-state index in [0.29, 0.717) is 22.1 Å². The number of carbonyl (C=O) groups is 1. The second kappa shape index (κ2) is 7.63. The fraction of sp³-hybridized carbons (Fsp3) is 0.222. The first-order chi connectivity index (χ1) is 12.5. The van der Waals surface area contributed by atoms with Crippen molar-refractivity contribution in [1.82, 2.24) is 25.1 Å². The largest absolute Gasteiger partial charge is 0.465 e. The first kappa shape index (κ1) is 18.0. The number of hydrogen-bond acceptors (Lipinski definition) is 6. The first-order valence-electron chi connectivity index (χ1n) is 7.90. The lowest BCUT2D eigenvalue weighted by Gasteiger charge is -2.24. The minimum atomic E-state index is -0.449. The van der Waals surface area contributed by atoms with Gasteiger partial charge in [-0.2, -0.15) is 4.68 Å². The summed E-state index contributed by atoms with van der Waals surface area (Å²) >= 11 is 6.01. The molecule has 0 aliphatic heterocycles. The van der Waals surface area contributed by atoms with Crippen molar-refractivity contribution < 1.29 is 9.53 Å². The van der Waals surface area contributed by atoms with Gasteiger partial charge in [0.05, 0.1) is 24.4 Å². The van der Waals surface area contributed by atoms with Gasteiger partial charge < -0.3 is 4.74 Å². The van der Waals surface area contributed by atoms with E-state index in [9.17, 15) is 4.79 Å². The number of nitrogens with zero attached hydrogens (tertiary/aromatic N) is 5. The molecular formula is C18H18ClN5O2. The first-order valence-corrected chi connectivity index (χ1v) is 8.28. The zero-order chi connectivity index (χ0) is 18.7. The summed E-state index contributed by atoms with van der Waals surface area (Å²) in [5, 5.41) is 12.8. The molecule has 0 N–H and O–H groups in total. The Bertz CT molecular complexity index is 908. The topological polar surface area (TPSA) is 73.1 Å². The van der Waals surface area contributed by atoms with Crippen LogP contribution in [0.1, 0.15) is 27.8 Å². The summed E-state index contributed by atoms with van der Waals surface area (Å²) in [6.45, 7) is 0. The van der Waals surface area contributed by atoms with Gasteiger partial charge in [0.25, 0.3) is 0 Å². The molecule has 0 bridgehead atoms. The predicted octanol–water partition coefficient (Wildman–Crippen LogP) is 2.75. The fourth-order valence-corrected chi connectivity index (χ4v) is 2.93. The Hall–Kier alpha value is -2.77. The van der Waals surface area contributed by atoms with E-state index in [1.54, 1.807) is 22.9 Å². The summed E-state index contributed by atoms with van der Waals surface area (Å²) < 4.78 is 6.44. The molecule has 0 saturated carbocycles. The molecule has 0 aliphatic carbocycles. The number of benzene rings is 2. The number of aromatic nitrogens is 4. The summed E-state index contributed by atoms with van der Waals surface area (Å²) in [5.41, 5.74) is 1.92. The summed E-state index contributed by atoms with van der Waals surface area (Å²) in [4.78, 5) is 14.1. The Labute approximate surface area is 156 Å². The van der Waals surface area contributed by atoms with Crippen LogP contribution in [0.4, 0.5) is 0 Å². The van der Waals surface area contributed by atoms with E-state index in [1.807, 2.05) is 49.3 Å². The molecule has 134 valence electrons. The van der Waals surface area contributed by atoms with Crippen LogP contribution in [0.5, 0.6) is 0 Å². The highest BCUT2D eigenvalue weighted by Gasteiger charge is 2.26. The summed E-state index contributed by atoms with van der Waals surface area (Å²) in [6, 6.07) is 14.3. The van der Waals surface area contributed by atoms with Crippen molar-refractivity contribution in [2.75, 3.05) is 21.2 Å². The molecule has 26 heavy (non-hydrogen) atoms. The highest BCUT2D eigenvalue weighted by atomic mass is 35.5. The van der Waals surface area contributed by atoms with Gasteiger partial charge in [0.15, 0.2) is 5.82 Å². The molecular weight excluding hydrogens is 354 g/mol. The lowest BCUT2D eigenvalue weighted by atomic mass is 10.0. The second-order valence-corrected chi connectivity index (χ2v) is 6.31. The van der Waals surface area contributed by atoms with Gasteiger partial charge in [-0.3, -0.25) is 4.90 Å². The maximum Gasteiger partial charge on any atom is 0.340 e. The monoisotopic (exact) mass is 371 g/mol. The Kier molecular flexibility index (Phi) is 5.29. The van der Waals surface area contributed by atoms with Crippen LogP contribution in [0.25, 0.3) is 5.69 Å². The number of para-hydroxylation sites is 1. The minimum Gasteiger partial charge on any atom is -0.465 e. The summed E-state index contributed by atoms with van der Waals surface area (Å²) in [7, 11) is 5.21. The van der Waals surface area contributed by atoms with Gasteiger partial charge in [-0.1, -0.05) is 35.9 Å². The van der Waals surface area contributed by atoms with Crippen molar-refractivity contribution in [3.05, 3.63) is 70.5 Å². The molecule has 0 spiro atoms. The van der Waals surface area contributed by atoms with Crippen molar-refractivity contribution in [3.8, 4) is 5.69 Å². The maximum absolute atomic E-state index is 12.1. The van der Waals surface area contributed by atoms with Gasteiger partial charge in [-0.05, 0) is 54.4 Å². The molecule has 0 unspecified atom stereocenters. The van der Waals surface area contributed by atoms with Gasteiger partial charge in [-0.15, -0.1) is 5.10 Å². The van der Waals surface area contributed by atoms with Crippen molar-refractivity contribution in [2.45, 2.75) is 6.04 Å². The van der Waals surface area contributed by atoms with Crippen LogP contribution in [0.15, 0.2) is 48.5 Å². The molecule has 0 fully saturated rings. The van der Waals surface area contributed by atoms with Crippen LogP contribution in [0, 0.1) is 0 Å². The van der Waals surface area contributed by atoms with Crippen molar-refractivity contribution in [2.24, 2.45) is 0 Å². The minimum absolute atomic E-state index is 0.229. The van der Waals surface area contributed by atoms with Gasteiger partial charge in [0.2, 0.25) is 0 Å². The van der Waals surface area contributed by atoms with Crippen LogP contribution >= 0.6 is 11.6 Å². The average Bonchev–Trinajstić information content (AvgIpc) is 3.11. The smallest absolute Gasteiger partial charge is 0.340 e. The van der Waals surface area contributed by atoms with E-state index in [-0.39, 0.29) is 6.04 Å². The third-order valence-corrected chi connectivity index (χ3v) is 4.23. The number of carbonyl (C=O) groups excluding carboxylic acids is 1. The summed E-state index contributed by atoms with van der Waals surface area (Å²) in [6.07, 6.45) is 0. The zero-order valence-electron chi connectivity index (χ0n) is 14.6. The van der Waals surface area contributed by atoms with Crippen LogP contribution in [0.2, 0.25) is 5.02 Å².